The molecule has 38 heavy (non-hydrogen) atoms. The second-order valence-corrected chi connectivity index (χ2v) is 9.81. The van der Waals surface area contributed by atoms with Crippen molar-refractivity contribution in [2.24, 2.45) is 14.1 Å². The fourth-order valence-corrected chi connectivity index (χ4v) is 4.52. The molecule has 0 N–H and O–H groups in total. The van der Waals surface area contributed by atoms with Crippen LogP contribution in [0.15, 0.2) is 42.9 Å². The molecular formula is C25H25ClF3N9. The van der Waals surface area contributed by atoms with Crippen LogP contribution in [0.25, 0.3) is 33.9 Å². The summed E-state index contributed by atoms with van der Waals surface area (Å²) in [7, 11) is 5.25. The molecule has 0 fully saturated rings. The Morgan fingerprint density at radius 1 is 1.03 bits per heavy atom. The zero-order valence-electron chi connectivity index (χ0n) is 21.4. The lowest BCUT2D eigenvalue weighted by Gasteiger charge is -2.20. The van der Waals surface area contributed by atoms with Crippen LogP contribution in [-0.4, -0.2) is 46.1 Å². The van der Waals surface area contributed by atoms with Crippen molar-refractivity contribution in [3.8, 4) is 22.9 Å². The van der Waals surface area contributed by atoms with Gasteiger partial charge in [0.15, 0.2) is 22.9 Å². The summed E-state index contributed by atoms with van der Waals surface area (Å²) >= 11 is 6.48. The molecular weight excluding hydrogens is 519 g/mol. The molecule has 1 aromatic carbocycles. The first-order valence-electron chi connectivity index (χ1n) is 11.8. The van der Waals surface area contributed by atoms with Gasteiger partial charge in [0.1, 0.15) is 17.0 Å². The number of hydrogen-bond acceptors (Lipinski definition) is 6. The van der Waals surface area contributed by atoms with Gasteiger partial charge < -0.3 is 9.47 Å². The maximum Gasteiger partial charge on any atom is 0.434 e. The van der Waals surface area contributed by atoms with Crippen LogP contribution in [0, 0.1) is 0 Å². The normalized spacial score (nSPS) is 12.2. The monoisotopic (exact) mass is 543 g/mol. The Bertz CT molecular complexity index is 1610. The molecule has 0 radical (unpaired) electrons. The van der Waals surface area contributed by atoms with Gasteiger partial charge in [-0.1, -0.05) is 35.9 Å². The van der Waals surface area contributed by atoms with Crippen LogP contribution in [0.5, 0.6) is 0 Å². The minimum atomic E-state index is -4.50. The van der Waals surface area contributed by atoms with Crippen LogP contribution >= 0.6 is 11.6 Å². The van der Waals surface area contributed by atoms with E-state index in [1.165, 1.54) is 4.57 Å². The molecule has 0 aliphatic rings. The maximum atomic E-state index is 13.1. The molecule has 13 heteroatoms. The fourth-order valence-electron chi connectivity index (χ4n) is 4.30. The Kier molecular flexibility index (Phi) is 6.38. The summed E-state index contributed by atoms with van der Waals surface area (Å²) < 4.78 is 44.0. The van der Waals surface area contributed by atoms with Crippen LogP contribution < -0.4 is 4.90 Å². The van der Waals surface area contributed by atoms with Gasteiger partial charge in [0, 0.05) is 45.5 Å². The molecule has 198 valence electrons. The van der Waals surface area contributed by atoms with Gasteiger partial charge in [-0.2, -0.15) is 23.4 Å². The van der Waals surface area contributed by atoms with Crippen molar-refractivity contribution in [2.75, 3.05) is 11.9 Å². The molecule has 0 saturated heterocycles. The van der Waals surface area contributed by atoms with E-state index in [1.54, 1.807) is 34.7 Å². The van der Waals surface area contributed by atoms with E-state index >= 15 is 0 Å². The quantitative estimate of drug-likeness (QED) is 0.280. The number of nitrogens with zero attached hydrogens (tertiary/aromatic N) is 9. The summed E-state index contributed by atoms with van der Waals surface area (Å²) in [4.78, 5) is 15.3. The van der Waals surface area contributed by atoms with Crippen LogP contribution in [0.1, 0.15) is 31.1 Å². The lowest BCUT2D eigenvalue weighted by Crippen LogP contribution is -2.19. The van der Waals surface area contributed by atoms with E-state index in [0.717, 1.165) is 11.8 Å². The molecule has 0 unspecified atom stereocenters. The predicted octanol–water partition coefficient (Wildman–Crippen LogP) is 5.52. The van der Waals surface area contributed by atoms with Gasteiger partial charge in [-0.05, 0) is 19.4 Å². The van der Waals surface area contributed by atoms with Crippen LogP contribution in [0.3, 0.4) is 0 Å². The highest BCUT2D eigenvalue weighted by atomic mass is 35.5. The highest BCUT2D eigenvalue weighted by Crippen LogP contribution is 2.33. The Hall–Kier alpha value is -3.93. The van der Waals surface area contributed by atoms with E-state index in [4.69, 9.17) is 21.6 Å². The van der Waals surface area contributed by atoms with Gasteiger partial charge in [0.2, 0.25) is 0 Å². The lowest BCUT2D eigenvalue weighted by atomic mass is 10.1. The van der Waals surface area contributed by atoms with Gasteiger partial charge in [-0.15, -0.1) is 0 Å². The van der Waals surface area contributed by atoms with Gasteiger partial charge in [-0.25, -0.2) is 15.0 Å². The molecule has 0 bridgehead atoms. The van der Waals surface area contributed by atoms with E-state index in [9.17, 15) is 13.2 Å². The number of benzene rings is 1. The molecule has 0 spiro atoms. The Balaban J connectivity index is 1.47. The number of alkyl halides is 3. The largest absolute Gasteiger partial charge is 0.434 e. The molecule has 0 aliphatic carbocycles. The molecule has 5 rings (SSSR count). The number of imidazole rings is 1. The first kappa shape index (κ1) is 25.7. The number of rotatable bonds is 6. The number of fused-ring (bicyclic) bond motifs is 1. The molecule has 0 atom stereocenters. The first-order valence-corrected chi connectivity index (χ1v) is 12.2. The number of hydrogen-bond donors (Lipinski definition) is 0. The predicted molar refractivity (Wildman–Crippen MR) is 139 cm³/mol. The topological polar surface area (TPSA) is 82.5 Å². The summed E-state index contributed by atoms with van der Waals surface area (Å²) in [5, 5.41) is 9.38. The second kappa shape index (κ2) is 9.43. The van der Waals surface area contributed by atoms with Crippen molar-refractivity contribution in [2.45, 2.75) is 32.6 Å². The van der Waals surface area contributed by atoms with Crippen molar-refractivity contribution >= 4 is 28.5 Å². The Morgan fingerprint density at radius 3 is 2.37 bits per heavy atom. The highest BCUT2D eigenvalue weighted by Gasteiger charge is 2.34. The van der Waals surface area contributed by atoms with Crippen LogP contribution in [-0.2, 0) is 26.8 Å². The lowest BCUT2D eigenvalue weighted by molar-refractivity contribution is -0.140. The third-order valence-electron chi connectivity index (χ3n) is 6.07. The third kappa shape index (κ3) is 4.71. The average Bonchev–Trinajstić information content (AvgIpc) is 3.54. The fraction of sp³-hybridized carbons (Fsp3) is 0.320. The number of anilines is 1. The highest BCUT2D eigenvalue weighted by molar-refractivity contribution is 6.32. The SMILES string of the molecule is CC(C)n1ncc(Cl)c1-c1nc(N(C)Cc2ccc(-c3nc(C(F)(F)F)cn3C)cc2)c2nn(C)cc2n1. The molecule has 5 aromatic rings. The summed E-state index contributed by atoms with van der Waals surface area (Å²) in [5.74, 6) is 1.29. The van der Waals surface area contributed by atoms with Gasteiger partial charge in [0.25, 0.3) is 0 Å². The van der Waals surface area contributed by atoms with Crippen molar-refractivity contribution < 1.29 is 13.2 Å². The second-order valence-electron chi connectivity index (χ2n) is 9.40. The summed E-state index contributed by atoms with van der Waals surface area (Å²) in [6.45, 7) is 4.47. The molecule has 0 saturated carbocycles. The molecule has 0 amide bonds. The summed E-state index contributed by atoms with van der Waals surface area (Å²) in [6, 6.07) is 7.28. The average molecular weight is 544 g/mol. The van der Waals surface area contributed by atoms with Crippen molar-refractivity contribution in [3.63, 3.8) is 0 Å². The van der Waals surface area contributed by atoms with Crippen molar-refractivity contribution in [3.05, 3.63) is 59.1 Å². The minimum absolute atomic E-state index is 0.0521. The van der Waals surface area contributed by atoms with Crippen LogP contribution in [0.4, 0.5) is 19.0 Å². The first-order chi connectivity index (χ1) is 17.9. The van der Waals surface area contributed by atoms with Crippen molar-refractivity contribution in [1.29, 1.82) is 0 Å². The van der Waals surface area contributed by atoms with E-state index in [0.29, 0.717) is 45.5 Å². The number of aryl methyl sites for hydroxylation is 2. The van der Waals surface area contributed by atoms with E-state index < -0.39 is 11.9 Å². The third-order valence-corrected chi connectivity index (χ3v) is 6.35. The van der Waals surface area contributed by atoms with E-state index in [1.807, 2.05) is 51.2 Å². The van der Waals surface area contributed by atoms with Gasteiger partial charge >= 0.3 is 6.18 Å². The Labute approximate surface area is 221 Å². The molecule has 9 nitrogen and oxygen atoms in total. The maximum absolute atomic E-state index is 13.1. The van der Waals surface area contributed by atoms with E-state index in [-0.39, 0.29) is 11.9 Å². The standard InChI is InChI=1S/C25H25ClF3N9/c1-14(2)38-21(17(26)10-30-38)22-31-18-12-37(5)34-20(18)24(33-22)35(3)11-15-6-8-16(9-7-15)23-32-19(13-36(23)4)25(27,28)29/h6-10,12-14H,11H2,1-5H3. The van der Waals surface area contributed by atoms with E-state index in [2.05, 4.69) is 15.2 Å². The van der Waals surface area contributed by atoms with Crippen molar-refractivity contribution in [1.82, 2.24) is 39.1 Å². The zero-order valence-corrected chi connectivity index (χ0v) is 22.1. The van der Waals surface area contributed by atoms with Crippen LogP contribution in [0.2, 0.25) is 5.02 Å². The molecule has 4 aromatic heterocycles. The number of halogens is 4. The van der Waals surface area contributed by atoms with Gasteiger partial charge in [-0.3, -0.25) is 9.36 Å². The number of aromatic nitrogens is 8. The van der Waals surface area contributed by atoms with Gasteiger partial charge in [0.05, 0.1) is 17.4 Å². The minimum Gasteiger partial charge on any atom is -0.353 e. The summed E-state index contributed by atoms with van der Waals surface area (Å²) in [6.07, 6.45) is -0.112. The smallest absolute Gasteiger partial charge is 0.353 e. The zero-order chi connectivity index (χ0) is 27.4. The molecule has 0 aliphatic heterocycles. The molecule has 4 heterocycles. The summed E-state index contributed by atoms with van der Waals surface area (Å²) in [5.41, 5.74) is 2.52. The Morgan fingerprint density at radius 2 is 1.74 bits per heavy atom.